The molecule has 0 aliphatic carbocycles. The SMILES string of the molecule is COCc1nc(COc2ccccc2F)sc1CN. The van der Waals surface area contributed by atoms with Gasteiger partial charge in [-0.2, -0.15) is 0 Å². The first-order chi connectivity index (χ1) is 9.24. The Bertz CT molecular complexity index is 545. The number of benzene rings is 1. The van der Waals surface area contributed by atoms with E-state index in [1.54, 1.807) is 25.3 Å². The monoisotopic (exact) mass is 282 g/mol. The average Bonchev–Trinajstić information content (AvgIpc) is 2.81. The molecule has 0 saturated carbocycles. The fraction of sp³-hybridized carbons (Fsp3) is 0.308. The molecular formula is C13H15FN2O2S. The Labute approximate surface area is 115 Å². The molecule has 0 atom stereocenters. The van der Waals surface area contributed by atoms with Crippen LogP contribution in [0.25, 0.3) is 0 Å². The molecule has 2 aromatic rings. The van der Waals surface area contributed by atoms with E-state index in [4.69, 9.17) is 15.2 Å². The van der Waals surface area contributed by atoms with Crippen LogP contribution in [0.4, 0.5) is 4.39 Å². The van der Waals surface area contributed by atoms with Crippen molar-refractivity contribution in [2.24, 2.45) is 5.73 Å². The summed E-state index contributed by atoms with van der Waals surface area (Å²) in [6.45, 7) is 1.06. The molecule has 0 saturated heterocycles. The molecule has 1 heterocycles. The van der Waals surface area contributed by atoms with E-state index in [0.717, 1.165) is 15.6 Å². The van der Waals surface area contributed by atoms with Crippen LogP contribution in [0, 0.1) is 5.82 Å². The van der Waals surface area contributed by atoms with Crippen molar-refractivity contribution in [3.63, 3.8) is 0 Å². The van der Waals surface area contributed by atoms with Gasteiger partial charge in [0.1, 0.15) is 11.6 Å². The molecule has 0 fully saturated rings. The summed E-state index contributed by atoms with van der Waals surface area (Å²) < 4.78 is 23.8. The van der Waals surface area contributed by atoms with E-state index in [2.05, 4.69) is 4.98 Å². The number of rotatable bonds is 6. The van der Waals surface area contributed by atoms with E-state index in [-0.39, 0.29) is 18.2 Å². The van der Waals surface area contributed by atoms with Gasteiger partial charge in [-0.25, -0.2) is 9.37 Å². The van der Waals surface area contributed by atoms with Crippen molar-refractivity contribution < 1.29 is 13.9 Å². The maximum Gasteiger partial charge on any atom is 0.165 e. The Kier molecular flexibility index (Phi) is 4.84. The Balaban J connectivity index is 2.05. The van der Waals surface area contributed by atoms with Crippen molar-refractivity contribution in [3.8, 4) is 5.75 Å². The van der Waals surface area contributed by atoms with Crippen molar-refractivity contribution in [2.75, 3.05) is 7.11 Å². The zero-order valence-electron chi connectivity index (χ0n) is 10.6. The third kappa shape index (κ3) is 3.50. The van der Waals surface area contributed by atoms with E-state index >= 15 is 0 Å². The highest BCUT2D eigenvalue weighted by Gasteiger charge is 2.11. The average molecular weight is 282 g/mol. The van der Waals surface area contributed by atoms with Gasteiger partial charge in [-0.05, 0) is 12.1 Å². The van der Waals surface area contributed by atoms with Crippen LogP contribution in [0.5, 0.6) is 5.75 Å². The molecule has 1 aromatic heterocycles. The van der Waals surface area contributed by atoms with Gasteiger partial charge in [-0.15, -0.1) is 11.3 Å². The number of hydrogen-bond donors (Lipinski definition) is 1. The number of para-hydroxylation sites is 1. The molecule has 4 nitrogen and oxygen atoms in total. The summed E-state index contributed by atoms with van der Waals surface area (Å²) in [4.78, 5) is 5.35. The zero-order chi connectivity index (χ0) is 13.7. The largest absolute Gasteiger partial charge is 0.483 e. The van der Waals surface area contributed by atoms with Crippen LogP contribution < -0.4 is 10.5 Å². The lowest BCUT2D eigenvalue weighted by Gasteiger charge is -2.04. The third-order valence-electron chi connectivity index (χ3n) is 2.48. The number of halogens is 1. The summed E-state index contributed by atoms with van der Waals surface area (Å²) in [6.07, 6.45) is 0. The molecule has 2 rings (SSSR count). The van der Waals surface area contributed by atoms with Gasteiger partial charge in [0.25, 0.3) is 0 Å². The van der Waals surface area contributed by atoms with Gasteiger partial charge in [0.05, 0.1) is 12.3 Å². The predicted molar refractivity (Wildman–Crippen MR) is 71.5 cm³/mol. The molecule has 102 valence electrons. The second kappa shape index (κ2) is 6.60. The summed E-state index contributed by atoms with van der Waals surface area (Å²) in [6, 6.07) is 6.29. The van der Waals surface area contributed by atoms with Crippen LogP contribution >= 0.6 is 11.3 Å². The zero-order valence-corrected chi connectivity index (χ0v) is 11.4. The van der Waals surface area contributed by atoms with Crippen LogP contribution in [0.1, 0.15) is 15.6 Å². The van der Waals surface area contributed by atoms with Gasteiger partial charge in [0, 0.05) is 18.5 Å². The molecule has 6 heteroatoms. The van der Waals surface area contributed by atoms with Gasteiger partial charge < -0.3 is 15.2 Å². The van der Waals surface area contributed by atoms with Crippen LogP contribution in [0.2, 0.25) is 0 Å². The highest BCUT2D eigenvalue weighted by Crippen LogP contribution is 2.22. The fourth-order valence-corrected chi connectivity index (χ4v) is 2.47. The maximum absolute atomic E-state index is 13.4. The minimum Gasteiger partial charge on any atom is -0.483 e. The molecule has 0 radical (unpaired) electrons. The fourth-order valence-electron chi connectivity index (χ4n) is 1.61. The summed E-state index contributed by atoms with van der Waals surface area (Å²) in [7, 11) is 1.61. The molecule has 0 unspecified atom stereocenters. The number of thiazole rings is 1. The van der Waals surface area contributed by atoms with E-state index in [1.165, 1.54) is 17.4 Å². The summed E-state index contributed by atoms with van der Waals surface area (Å²) in [5.41, 5.74) is 6.46. The van der Waals surface area contributed by atoms with Crippen molar-refractivity contribution in [3.05, 3.63) is 45.7 Å². The van der Waals surface area contributed by atoms with Crippen molar-refractivity contribution in [2.45, 2.75) is 19.8 Å². The molecule has 0 spiro atoms. The standard InChI is InChI=1S/C13H15FN2O2S/c1-17-7-10-12(6-15)19-13(16-10)8-18-11-5-3-2-4-9(11)14/h2-5H,6-8,15H2,1H3. The Morgan fingerprint density at radius 2 is 2.11 bits per heavy atom. The molecule has 1 aromatic carbocycles. The number of nitrogens with zero attached hydrogens (tertiary/aromatic N) is 1. The number of aromatic nitrogens is 1. The van der Waals surface area contributed by atoms with Crippen molar-refractivity contribution in [1.29, 1.82) is 0 Å². The number of ether oxygens (including phenoxy) is 2. The molecular weight excluding hydrogens is 267 g/mol. The van der Waals surface area contributed by atoms with Crippen LogP contribution in [0.15, 0.2) is 24.3 Å². The van der Waals surface area contributed by atoms with Crippen LogP contribution in [0.3, 0.4) is 0 Å². The summed E-state index contributed by atoms with van der Waals surface area (Å²) in [5.74, 6) is -0.157. The molecule has 19 heavy (non-hydrogen) atoms. The van der Waals surface area contributed by atoms with Crippen molar-refractivity contribution in [1.82, 2.24) is 4.98 Å². The second-order valence-electron chi connectivity index (χ2n) is 3.83. The lowest BCUT2D eigenvalue weighted by Crippen LogP contribution is -2.00. The highest BCUT2D eigenvalue weighted by molar-refractivity contribution is 7.11. The topological polar surface area (TPSA) is 57.4 Å². The quantitative estimate of drug-likeness (QED) is 0.884. The van der Waals surface area contributed by atoms with Crippen LogP contribution in [-0.4, -0.2) is 12.1 Å². The van der Waals surface area contributed by atoms with Gasteiger partial charge >= 0.3 is 0 Å². The molecule has 2 N–H and O–H groups in total. The lowest BCUT2D eigenvalue weighted by atomic mass is 10.3. The smallest absolute Gasteiger partial charge is 0.165 e. The van der Waals surface area contributed by atoms with Crippen molar-refractivity contribution >= 4 is 11.3 Å². The molecule has 0 aliphatic rings. The van der Waals surface area contributed by atoms with E-state index in [0.29, 0.717) is 13.2 Å². The molecule has 0 amide bonds. The first-order valence-electron chi connectivity index (χ1n) is 5.78. The Morgan fingerprint density at radius 1 is 1.32 bits per heavy atom. The van der Waals surface area contributed by atoms with Gasteiger partial charge in [0.2, 0.25) is 0 Å². The van der Waals surface area contributed by atoms with E-state index in [1.807, 2.05) is 0 Å². The van der Waals surface area contributed by atoms with Crippen LogP contribution in [-0.2, 0) is 24.5 Å². The van der Waals surface area contributed by atoms with Gasteiger partial charge in [-0.1, -0.05) is 12.1 Å². The second-order valence-corrected chi connectivity index (χ2v) is 5.00. The predicted octanol–water partition coefficient (Wildman–Crippen LogP) is 2.47. The number of methoxy groups -OCH3 is 1. The highest BCUT2D eigenvalue weighted by atomic mass is 32.1. The number of hydrogen-bond acceptors (Lipinski definition) is 5. The van der Waals surface area contributed by atoms with E-state index in [9.17, 15) is 4.39 Å². The number of nitrogens with two attached hydrogens (primary N) is 1. The summed E-state index contributed by atoms with van der Waals surface area (Å²) >= 11 is 1.46. The first-order valence-corrected chi connectivity index (χ1v) is 6.60. The molecule has 0 bridgehead atoms. The van der Waals surface area contributed by atoms with Gasteiger partial charge in [0.15, 0.2) is 11.6 Å². The third-order valence-corrected chi connectivity index (χ3v) is 3.57. The summed E-state index contributed by atoms with van der Waals surface area (Å²) in [5, 5.41) is 0.760. The first kappa shape index (κ1) is 13.9. The Morgan fingerprint density at radius 3 is 2.79 bits per heavy atom. The normalized spacial score (nSPS) is 10.7. The molecule has 0 aliphatic heterocycles. The van der Waals surface area contributed by atoms with E-state index < -0.39 is 0 Å². The Hall–Kier alpha value is -1.50. The minimum atomic E-state index is -0.379. The van der Waals surface area contributed by atoms with Gasteiger partial charge in [-0.3, -0.25) is 0 Å². The lowest BCUT2D eigenvalue weighted by molar-refractivity contribution is 0.181. The maximum atomic E-state index is 13.4. The minimum absolute atomic E-state index is 0.222.